The van der Waals surface area contributed by atoms with Crippen LogP contribution in [0.15, 0.2) is 65.8 Å². The van der Waals surface area contributed by atoms with Crippen LogP contribution in [0.1, 0.15) is 13.8 Å². The van der Waals surface area contributed by atoms with Crippen molar-refractivity contribution < 1.29 is 13.9 Å². The fraction of sp³-hybridized carbons (Fsp3) is 0.200. The SMILES string of the molecule is Cn1c(Nc2ccc(F)cc2)ncc(-c2ccc(Oc3ccnc4c3NCC(C)(C)O4)cn2)c1=O. The van der Waals surface area contributed by atoms with E-state index in [1.165, 1.54) is 22.9 Å². The molecule has 0 amide bonds. The summed E-state index contributed by atoms with van der Waals surface area (Å²) in [7, 11) is 1.60. The molecule has 1 aromatic carbocycles. The van der Waals surface area contributed by atoms with Gasteiger partial charge in [-0.2, -0.15) is 0 Å². The Morgan fingerprint density at radius 1 is 1.09 bits per heavy atom. The molecule has 1 aliphatic heterocycles. The number of hydrogen-bond donors (Lipinski definition) is 2. The van der Waals surface area contributed by atoms with Crippen molar-refractivity contribution in [1.82, 2.24) is 19.5 Å². The lowest BCUT2D eigenvalue weighted by Crippen LogP contribution is -2.40. The monoisotopic (exact) mass is 474 g/mol. The van der Waals surface area contributed by atoms with Crippen LogP contribution in [0.5, 0.6) is 17.4 Å². The molecule has 2 N–H and O–H groups in total. The summed E-state index contributed by atoms with van der Waals surface area (Å²) < 4.78 is 26.4. The Bertz CT molecular complexity index is 1440. The minimum absolute atomic E-state index is 0.280. The Morgan fingerprint density at radius 2 is 1.89 bits per heavy atom. The molecule has 0 saturated heterocycles. The van der Waals surface area contributed by atoms with Crippen LogP contribution in [0.4, 0.5) is 21.7 Å². The molecule has 0 bridgehead atoms. The van der Waals surface area contributed by atoms with Crippen molar-refractivity contribution in [3.8, 4) is 28.6 Å². The maximum absolute atomic E-state index is 13.1. The Hall–Kier alpha value is -4.47. The van der Waals surface area contributed by atoms with Gasteiger partial charge >= 0.3 is 0 Å². The van der Waals surface area contributed by atoms with E-state index in [0.717, 1.165) is 0 Å². The van der Waals surface area contributed by atoms with E-state index in [9.17, 15) is 9.18 Å². The maximum atomic E-state index is 13.1. The van der Waals surface area contributed by atoms with Crippen LogP contribution in [0.25, 0.3) is 11.3 Å². The number of ether oxygens (including phenoxy) is 2. The van der Waals surface area contributed by atoms with Crippen molar-refractivity contribution >= 4 is 17.3 Å². The molecule has 5 rings (SSSR count). The number of nitrogens with one attached hydrogen (secondary N) is 2. The van der Waals surface area contributed by atoms with Gasteiger partial charge in [-0.15, -0.1) is 0 Å². The van der Waals surface area contributed by atoms with Gasteiger partial charge in [0.05, 0.1) is 24.0 Å². The number of benzene rings is 1. The molecule has 0 aliphatic carbocycles. The number of halogens is 1. The van der Waals surface area contributed by atoms with Gasteiger partial charge in [0.1, 0.15) is 22.9 Å². The first kappa shape index (κ1) is 22.3. The average molecular weight is 474 g/mol. The zero-order valence-electron chi connectivity index (χ0n) is 19.4. The molecule has 0 spiro atoms. The molecule has 35 heavy (non-hydrogen) atoms. The van der Waals surface area contributed by atoms with Gasteiger partial charge in [-0.1, -0.05) is 0 Å². The van der Waals surface area contributed by atoms with Crippen molar-refractivity contribution in [2.75, 3.05) is 17.2 Å². The highest BCUT2D eigenvalue weighted by Gasteiger charge is 2.29. The summed E-state index contributed by atoms with van der Waals surface area (Å²) >= 11 is 0. The molecule has 178 valence electrons. The molecule has 10 heteroatoms. The highest BCUT2D eigenvalue weighted by Crippen LogP contribution is 2.39. The standard InChI is InChI=1S/C25H23FN6O3/c1-25(2)14-30-21-20(10-11-27-22(21)35-25)34-17-8-9-19(28-12-17)18-13-29-24(32(3)23(18)33)31-16-6-4-15(26)5-7-16/h4-13,30H,14H2,1-3H3,(H,29,31). The zero-order chi connectivity index (χ0) is 24.6. The molecule has 0 saturated carbocycles. The van der Waals surface area contributed by atoms with E-state index in [1.807, 2.05) is 13.8 Å². The molecular weight excluding hydrogens is 451 g/mol. The van der Waals surface area contributed by atoms with Crippen molar-refractivity contribution in [2.24, 2.45) is 7.05 Å². The number of rotatable bonds is 5. The lowest BCUT2D eigenvalue weighted by molar-refractivity contribution is 0.109. The van der Waals surface area contributed by atoms with E-state index in [4.69, 9.17) is 9.47 Å². The van der Waals surface area contributed by atoms with Gasteiger partial charge in [0.25, 0.3) is 5.56 Å². The average Bonchev–Trinajstić information content (AvgIpc) is 2.83. The molecule has 4 heterocycles. The smallest absolute Gasteiger partial charge is 0.264 e. The van der Waals surface area contributed by atoms with Crippen LogP contribution in [0.3, 0.4) is 0 Å². The molecular formula is C25H23FN6O3. The number of nitrogens with zero attached hydrogens (tertiary/aromatic N) is 4. The van der Waals surface area contributed by atoms with Gasteiger partial charge in [0.15, 0.2) is 5.75 Å². The normalized spacial score (nSPS) is 13.8. The summed E-state index contributed by atoms with van der Waals surface area (Å²) in [6.45, 7) is 4.57. The van der Waals surface area contributed by atoms with Gasteiger partial charge in [-0.25, -0.2) is 14.4 Å². The Labute approximate surface area is 200 Å². The first-order valence-corrected chi connectivity index (χ1v) is 10.9. The first-order valence-electron chi connectivity index (χ1n) is 10.9. The lowest BCUT2D eigenvalue weighted by Gasteiger charge is -2.33. The summed E-state index contributed by atoms with van der Waals surface area (Å²) in [6, 6.07) is 11.0. The second-order valence-electron chi connectivity index (χ2n) is 8.68. The van der Waals surface area contributed by atoms with Crippen LogP contribution in [0, 0.1) is 5.82 Å². The van der Waals surface area contributed by atoms with Gasteiger partial charge in [0, 0.05) is 31.2 Å². The van der Waals surface area contributed by atoms with E-state index in [1.54, 1.807) is 49.8 Å². The number of pyridine rings is 2. The van der Waals surface area contributed by atoms with Crippen molar-refractivity contribution in [3.05, 3.63) is 77.2 Å². The molecule has 0 radical (unpaired) electrons. The fourth-order valence-corrected chi connectivity index (χ4v) is 3.58. The molecule has 0 unspecified atom stereocenters. The minimum atomic E-state index is -0.369. The third-order valence-electron chi connectivity index (χ3n) is 5.45. The van der Waals surface area contributed by atoms with E-state index in [2.05, 4.69) is 25.6 Å². The third kappa shape index (κ3) is 4.63. The molecule has 9 nitrogen and oxygen atoms in total. The quantitative estimate of drug-likeness (QED) is 0.436. The van der Waals surface area contributed by atoms with E-state index < -0.39 is 0 Å². The van der Waals surface area contributed by atoms with Crippen LogP contribution in [-0.4, -0.2) is 31.7 Å². The molecule has 0 atom stereocenters. The molecule has 3 aromatic heterocycles. The summed E-state index contributed by atoms with van der Waals surface area (Å²) in [5.74, 6) is 1.52. The Kier molecular flexibility index (Phi) is 5.56. The number of aromatic nitrogens is 4. The van der Waals surface area contributed by atoms with E-state index in [0.29, 0.717) is 52.5 Å². The molecule has 4 aromatic rings. The number of hydrogen-bond acceptors (Lipinski definition) is 8. The number of anilines is 3. The van der Waals surface area contributed by atoms with Gasteiger partial charge < -0.3 is 20.1 Å². The van der Waals surface area contributed by atoms with Crippen LogP contribution >= 0.6 is 0 Å². The van der Waals surface area contributed by atoms with Crippen molar-refractivity contribution in [3.63, 3.8) is 0 Å². The third-order valence-corrected chi connectivity index (χ3v) is 5.45. The van der Waals surface area contributed by atoms with Crippen molar-refractivity contribution in [2.45, 2.75) is 19.4 Å². The van der Waals surface area contributed by atoms with Gasteiger partial charge in [-0.3, -0.25) is 14.3 Å². The lowest BCUT2D eigenvalue weighted by atomic mass is 10.1. The summed E-state index contributed by atoms with van der Waals surface area (Å²) in [6.07, 6.45) is 4.62. The highest BCUT2D eigenvalue weighted by atomic mass is 19.1. The predicted molar refractivity (Wildman–Crippen MR) is 130 cm³/mol. The molecule has 0 fully saturated rings. The second kappa shape index (κ2) is 8.71. The Balaban J connectivity index is 1.35. The summed E-state index contributed by atoms with van der Waals surface area (Å²) in [4.78, 5) is 26.0. The van der Waals surface area contributed by atoms with Crippen LogP contribution < -0.4 is 25.7 Å². The van der Waals surface area contributed by atoms with E-state index in [-0.39, 0.29) is 17.0 Å². The summed E-state index contributed by atoms with van der Waals surface area (Å²) in [5, 5.41) is 6.32. The highest BCUT2D eigenvalue weighted by molar-refractivity contribution is 5.66. The molecule has 1 aliphatic rings. The number of fused-ring (bicyclic) bond motifs is 1. The van der Waals surface area contributed by atoms with Crippen LogP contribution in [-0.2, 0) is 7.05 Å². The predicted octanol–water partition coefficient (Wildman–Crippen LogP) is 4.50. The maximum Gasteiger partial charge on any atom is 0.264 e. The van der Waals surface area contributed by atoms with E-state index >= 15 is 0 Å². The minimum Gasteiger partial charge on any atom is -0.468 e. The van der Waals surface area contributed by atoms with Gasteiger partial charge in [-0.05, 0) is 50.2 Å². The second-order valence-corrected chi connectivity index (χ2v) is 8.68. The first-order chi connectivity index (χ1) is 16.8. The summed E-state index contributed by atoms with van der Waals surface area (Å²) in [5.41, 5.74) is 1.44. The van der Waals surface area contributed by atoms with Gasteiger partial charge in [0.2, 0.25) is 11.8 Å². The fourth-order valence-electron chi connectivity index (χ4n) is 3.58. The largest absolute Gasteiger partial charge is 0.468 e. The van der Waals surface area contributed by atoms with Crippen LogP contribution in [0.2, 0.25) is 0 Å². The topological polar surface area (TPSA) is 103 Å². The zero-order valence-corrected chi connectivity index (χ0v) is 19.4. The Morgan fingerprint density at radius 3 is 2.63 bits per heavy atom. The van der Waals surface area contributed by atoms with Crippen molar-refractivity contribution in [1.29, 1.82) is 0 Å².